The van der Waals surface area contributed by atoms with Gasteiger partial charge in [-0.1, -0.05) is 20.3 Å². The molecule has 0 aromatic carbocycles. The van der Waals surface area contributed by atoms with Gasteiger partial charge in [0.2, 0.25) is 5.91 Å². The van der Waals surface area contributed by atoms with Crippen molar-refractivity contribution in [3.8, 4) is 0 Å². The molecule has 96 valence electrons. The van der Waals surface area contributed by atoms with Crippen LogP contribution in [0.15, 0.2) is 0 Å². The molecule has 0 aromatic heterocycles. The molecule has 0 aromatic rings. The Hall–Kier alpha value is -0.570. The number of carbonyl (C=O) groups excluding carboxylic acids is 1. The van der Waals surface area contributed by atoms with E-state index in [0.717, 1.165) is 18.8 Å². The van der Waals surface area contributed by atoms with Crippen molar-refractivity contribution < 1.29 is 9.90 Å². The van der Waals surface area contributed by atoms with Gasteiger partial charge in [-0.2, -0.15) is 0 Å². The summed E-state index contributed by atoms with van der Waals surface area (Å²) in [5.74, 6) is 1.98. The highest BCUT2D eigenvalue weighted by Gasteiger charge is 2.50. The molecule has 2 bridgehead atoms. The Morgan fingerprint density at radius 2 is 2.00 bits per heavy atom. The van der Waals surface area contributed by atoms with Gasteiger partial charge < -0.3 is 10.4 Å². The third-order valence-electron chi connectivity index (χ3n) is 5.61. The second-order valence-corrected chi connectivity index (χ2v) is 6.92. The van der Waals surface area contributed by atoms with Crippen LogP contribution in [0.4, 0.5) is 0 Å². The van der Waals surface area contributed by atoms with Gasteiger partial charge in [-0.25, -0.2) is 0 Å². The molecular weight excluding hydrogens is 214 g/mol. The summed E-state index contributed by atoms with van der Waals surface area (Å²) in [6.07, 6.45) is 5.43. The minimum Gasteiger partial charge on any atom is -0.392 e. The van der Waals surface area contributed by atoms with E-state index in [1.807, 2.05) is 13.8 Å². The lowest BCUT2D eigenvalue weighted by Gasteiger charge is -2.49. The maximum Gasteiger partial charge on any atom is 0.223 e. The number of nitrogens with one attached hydrogen (secondary N) is 1. The van der Waals surface area contributed by atoms with Crippen LogP contribution in [0.2, 0.25) is 0 Å². The average Bonchev–Trinajstić information content (AvgIpc) is 2.90. The lowest BCUT2D eigenvalue weighted by atomic mass is 9.64. The van der Waals surface area contributed by atoms with E-state index < -0.39 is 0 Å². The molecule has 3 fully saturated rings. The van der Waals surface area contributed by atoms with Crippen molar-refractivity contribution in [2.24, 2.45) is 23.2 Å². The van der Waals surface area contributed by atoms with E-state index >= 15 is 0 Å². The van der Waals surface area contributed by atoms with Gasteiger partial charge in [0.15, 0.2) is 0 Å². The number of aliphatic hydroxyl groups is 1. The second-order valence-electron chi connectivity index (χ2n) is 6.92. The molecule has 5 atom stereocenters. The Bertz CT molecular complexity index is 339. The van der Waals surface area contributed by atoms with Gasteiger partial charge in [-0.15, -0.1) is 0 Å². The first-order valence-corrected chi connectivity index (χ1v) is 6.97. The fraction of sp³-hybridized carbons (Fsp3) is 0.929. The third-order valence-corrected chi connectivity index (χ3v) is 5.61. The van der Waals surface area contributed by atoms with Crippen LogP contribution in [0.1, 0.15) is 46.0 Å². The highest BCUT2D eigenvalue weighted by molar-refractivity contribution is 5.80. The minimum absolute atomic E-state index is 0.146. The largest absolute Gasteiger partial charge is 0.392 e. The van der Waals surface area contributed by atoms with Crippen molar-refractivity contribution in [2.75, 3.05) is 0 Å². The lowest BCUT2D eigenvalue weighted by Crippen LogP contribution is -2.62. The van der Waals surface area contributed by atoms with E-state index in [4.69, 9.17) is 0 Å². The topological polar surface area (TPSA) is 49.3 Å². The first-order valence-electron chi connectivity index (χ1n) is 6.97. The minimum atomic E-state index is -0.257. The lowest BCUT2D eigenvalue weighted by molar-refractivity contribution is -0.134. The van der Waals surface area contributed by atoms with Crippen LogP contribution in [0.25, 0.3) is 0 Å². The van der Waals surface area contributed by atoms with Crippen LogP contribution in [-0.4, -0.2) is 23.2 Å². The number of hydrogen-bond acceptors (Lipinski definition) is 2. The van der Waals surface area contributed by atoms with Crippen molar-refractivity contribution in [1.82, 2.24) is 5.32 Å². The molecule has 3 rings (SSSR count). The molecule has 0 saturated heterocycles. The number of fused-ring (bicyclic) bond motifs is 2. The molecule has 17 heavy (non-hydrogen) atoms. The van der Waals surface area contributed by atoms with E-state index in [1.54, 1.807) is 0 Å². The van der Waals surface area contributed by atoms with Gasteiger partial charge in [0.1, 0.15) is 0 Å². The van der Waals surface area contributed by atoms with Gasteiger partial charge in [-0.05, 0) is 37.5 Å². The maximum atomic E-state index is 12.2. The van der Waals surface area contributed by atoms with Crippen molar-refractivity contribution in [3.63, 3.8) is 0 Å². The Morgan fingerprint density at radius 3 is 2.47 bits per heavy atom. The van der Waals surface area contributed by atoms with Crippen LogP contribution in [-0.2, 0) is 4.79 Å². The normalized spacial score (nSPS) is 46.6. The predicted octanol–water partition coefficient (Wildman–Crippen LogP) is 1.70. The standard InChI is InChI=1S/C14H23NO2/c1-14(2)11(7-12(14)16)15-13(17)10-6-8-3-4-9(10)5-8/h8-12,16H,3-7H2,1-2H3,(H,15,17). The molecule has 0 spiro atoms. The molecule has 0 aliphatic heterocycles. The van der Waals surface area contributed by atoms with Crippen LogP contribution < -0.4 is 5.32 Å². The summed E-state index contributed by atoms with van der Waals surface area (Å²) < 4.78 is 0. The highest BCUT2D eigenvalue weighted by atomic mass is 16.3. The summed E-state index contributed by atoms with van der Waals surface area (Å²) in [5.41, 5.74) is -0.146. The summed E-state index contributed by atoms with van der Waals surface area (Å²) >= 11 is 0. The first kappa shape index (κ1) is 11.5. The van der Waals surface area contributed by atoms with Crippen LogP contribution >= 0.6 is 0 Å². The number of rotatable bonds is 2. The SMILES string of the molecule is CC1(C)C(O)CC1NC(=O)C1CC2CCC1C2. The first-order chi connectivity index (χ1) is 7.98. The average molecular weight is 237 g/mol. The summed E-state index contributed by atoms with van der Waals surface area (Å²) in [7, 11) is 0. The molecule has 0 radical (unpaired) electrons. The summed E-state index contributed by atoms with van der Waals surface area (Å²) in [4.78, 5) is 12.2. The third kappa shape index (κ3) is 1.70. The highest BCUT2D eigenvalue weighted by Crippen LogP contribution is 2.49. The maximum absolute atomic E-state index is 12.2. The molecule has 3 saturated carbocycles. The van der Waals surface area contributed by atoms with E-state index in [-0.39, 0.29) is 29.4 Å². The number of aliphatic hydroxyl groups excluding tert-OH is 1. The van der Waals surface area contributed by atoms with Crippen molar-refractivity contribution in [1.29, 1.82) is 0 Å². The fourth-order valence-electron chi connectivity index (χ4n) is 3.99. The van der Waals surface area contributed by atoms with E-state index in [1.165, 1.54) is 19.3 Å². The van der Waals surface area contributed by atoms with Gasteiger partial charge >= 0.3 is 0 Å². The molecule has 5 unspecified atom stereocenters. The summed E-state index contributed by atoms with van der Waals surface area (Å²) in [5, 5.41) is 12.8. The molecule has 3 nitrogen and oxygen atoms in total. The Balaban J connectivity index is 1.58. The Labute approximate surface area is 103 Å². The molecule has 0 heterocycles. The van der Waals surface area contributed by atoms with E-state index in [2.05, 4.69) is 5.32 Å². The van der Waals surface area contributed by atoms with Gasteiger partial charge in [0.05, 0.1) is 6.10 Å². The monoisotopic (exact) mass is 237 g/mol. The zero-order chi connectivity index (χ0) is 12.2. The van der Waals surface area contributed by atoms with Crippen molar-refractivity contribution in [3.05, 3.63) is 0 Å². The van der Waals surface area contributed by atoms with Crippen LogP contribution in [0.3, 0.4) is 0 Å². The second kappa shape index (κ2) is 3.71. The molecule has 1 amide bonds. The van der Waals surface area contributed by atoms with E-state index in [0.29, 0.717) is 5.92 Å². The predicted molar refractivity (Wildman–Crippen MR) is 65.3 cm³/mol. The van der Waals surface area contributed by atoms with Crippen LogP contribution in [0.5, 0.6) is 0 Å². The van der Waals surface area contributed by atoms with Gasteiger partial charge in [0, 0.05) is 17.4 Å². The zero-order valence-electron chi connectivity index (χ0n) is 10.8. The van der Waals surface area contributed by atoms with Crippen molar-refractivity contribution in [2.45, 2.75) is 58.1 Å². The van der Waals surface area contributed by atoms with Gasteiger partial charge in [0.25, 0.3) is 0 Å². The quantitative estimate of drug-likeness (QED) is 0.768. The molecule has 3 aliphatic rings. The number of hydrogen-bond donors (Lipinski definition) is 2. The Kier molecular flexibility index (Phi) is 2.51. The van der Waals surface area contributed by atoms with Gasteiger partial charge in [-0.3, -0.25) is 4.79 Å². The summed E-state index contributed by atoms with van der Waals surface area (Å²) in [6.45, 7) is 4.07. The smallest absolute Gasteiger partial charge is 0.223 e. The van der Waals surface area contributed by atoms with E-state index in [9.17, 15) is 9.90 Å². The Morgan fingerprint density at radius 1 is 1.24 bits per heavy atom. The summed E-state index contributed by atoms with van der Waals surface area (Å²) in [6, 6.07) is 0.170. The molecule has 3 aliphatic carbocycles. The number of carbonyl (C=O) groups is 1. The van der Waals surface area contributed by atoms with Crippen molar-refractivity contribution >= 4 is 5.91 Å². The molecule has 3 heteroatoms. The van der Waals surface area contributed by atoms with Crippen LogP contribution in [0, 0.1) is 23.2 Å². The molecular formula is C14H23NO2. The number of amides is 1. The fourth-order valence-corrected chi connectivity index (χ4v) is 3.99. The zero-order valence-corrected chi connectivity index (χ0v) is 10.8. The molecule has 2 N–H and O–H groups in total.